The molecule has 0 unspecified atom stereocenters. The fourth-order valence-electron chi connectivity index (χ4n) is 1.62. The molecule has 0 radical (unpaired) electrons. The summed E-state index contributed by atoms with van der Waals surface area (Å²) in [6.07, 6.45) is 0. The molecular weight excluding hydrogens is 270 g/mol. The van der Waals surface area contributed by atoms with Gasteiger partial charge in [0.15, 0.2) is 0 Å². The summed E-state index contributed by atoms with van der Waals surface area (Å²) in [6, 6.07) is 1.88. The Kier molecular flexibility index (Phi) is 4.54. The van der Waals surface area contributed by atoms with E-state index in [4.69, 9.17) is 9.84 Å². The molecule has 0 aliphatic heterocycles. The van der Waals surface area contributed by atoms with Gasteiger partial charge in [0.25, 0.3) is 0 Å². The van der Waals surface area contributed by atoms with Crippen molar-refractivity contribution in [2.75, 3.05) is 7.11 Å². The fraction of sp³-hybridized carbons (Fsp3) is 0.417. The Bertz CT molecular complexity index is 594. The van der Waals surface area contributed by atoms with Crippen LogP contribution in [0.5, 0.6) is 5.75 Å². The first-order valence-corrected chi connectivity index (χ1v) is 7.07. The normalized spacial score (nSPS) is 13.1. The number of carboxylic acid groups (broad SMARTS) is 1. The van der Waals surface area contributed by atoms with E-state index >= 15 is 0 Å². The predicted octanol–water partition coefficient (Wildman–Crippen LogP) is 1.06. The molecule has 6 nitrogen and oxygen atoms in total. The van der Waals surface area contributed by atoms with E-state index in [0.29, 0.717) is 16.9 Å². The Morgan fingerprint density at radius 1 is 1.32 bits per heavy atom. The average Bonchev–Trinajstić information content (AvgIpc) is 2.30. The summed E-state index contributed by atoms with van der Waals surface area (Å²) in [6.45, 7) is 4.62. The number of benzene rings is 1. The first kappa shape index (κ1) is 15.5. The summed E-state index contributed by atoms with van der Waals surface area (Å²) in [5.74, 6) is -0.644. The second-order valence-electron chi connectivity index (χ2n) is 4.27. The summed E-state index contributed by atoms with van der Waals surface area (Å²) in [7, 11) is -2.37. The third-order valence-corrected chi connectivity index (χ3v) is 4.37. The quantitative estimate of drug-likeness (QED) is 0.845. The highest BCUT2D eigenvalue weighted by Crippen LogP contribution is 2.25. The van der Waals surface area contributed by atoms with Crippen LogP contribution in [0.25, 0.3) is 0 Å². The molecule has 1 aromatic carbocycles. The van der Waals surface area contributed by atoms with E-state index < -0.39 is 22.0 Å². The number of methoxy groups -OCH3 is 1. The van der Waals surface area contributed by atoms with Crippen LogP contribution in [0.3, 0.4) is 0 Å². The molecule has 0 bridgehead atoms. The maximum atomic E-state index is 12.1. The number of aliphatic carboxylic acids is 1. The number of ether oxygens (including phenoxy) is 1. The van der Waals surface area contributed by atoms with Crippen LogP contribution in [-0.4, -0.2) is 32.6 Å². The highest BCUT2D eigenvalue weighted by Gasteiger charge is 2.23. The van der Waals surface area contributed by atoms with Gasteiger partial charge in [-0.05, 0) is 44.0 Å². The molecule has 0 heterocycles. The zero-order valence-corrected chi connectivity index (χ0v) is 12.0. The second-order valence-corrected chi connectivity index (χ2v) is 5.95. The Balaban J connectivity index is 3.22. The van der Waals surface area contributed by atoms with Crippen molar-refractivity contribution in [1.29, 1.82) is 0 Å². The predicted molar refractivity (Wildman–Crippen MR) is 69.9 cm³/mol. The van der Waals surface area contributed by atoms with Crippen LogP contribution in [-0.2, 0) is 14.8 Å². The van der Waals surface area contributed by atoms with Crippen LogP contribution in [0, 0.1) is 13.8 Å². The van der Waals surface area contributed by atoms with Gasteiger partial charge in [-0.1, -0.05) is 0 Å². The monoisotopic (exact) mass is 287 g/mol. The molecule has 1 atom stereocenters. The molecule has 19 heavy (non-hydrogen) atoms. The van der Waals surface area contributed by atoms with Crippen molar-refractivity contribution in [3.8, 4) is 5.75 Å². The molecule has 7 heteroatoms. The number of carboxylic acids is 1. The summed E-state index contributed by atoms with van der Waals surface area (Å²) in [5, 5.41) is 8.75. The van der Waals surface area contributed by atoms with Gasteiger partial charge >= 0.3 is 5.97 Å². The van der Waals surface area contributed by atoms with Crippen LogP contribution in [0.1, 0.15) is 18.1 Å². The maximum Gasteiger partial charge on any atom is 0.321 e. The Labute approximate surface area is 112 Å². The minimum atomic E-state index is -3.87. The number of aryl methyl sites for hydroxylation is 2. The zero-order valence-electron chi connectivity index (χ0n) is 11.2. The molecule has 0 aliphatic carbocycles. The number of sulfonamides is 1. The van der Waals surface area contributed by atoms with E-state index in [0.717, 1.165) is 0 Å². The maximum absolute atomic E-state index is 12.1. The third-order valence-electron chi connectivity index (χ3n) is 2.68. The summed E-state index contributed by atoms with van der Waals surface area (Å²) < 4.78 is 31.4. The number of hydrogen-bond acceptors (Lipinski definition) is 4. The van der Waals surface area contributed by atoms with Crippen molar-refractivity contribution in [1.82, 2.24) is 4.72 Å². The van der Waals surface area contributed by atoms with Crippen molar-refractivity contribution in [2.24, 2.45) is 0 Å². The third kappa shape index (κ3) is 3.45. The van der Waals surface area contributed by atoms with Crippen molar-refractivity contribution >= 4 is 16.0 Å². The average molecular weight is 287 g/mol. The van der Waals surface area contributed by atoms with E-state index in [-0.39, 0.29) is 4.90 Å². The van der Waals surface area contributed by atoms with Crippen molar-refractivity contribution in [3.05, 3.63) is 23.3 Å². The van der Waals surface area contributed by atoms with Gasteiger partial charge in [0.1, 0.15) is 11.8 Å². The highest BCUT2D eigenvalue weighted by atomic mass is 32.2. The molecule has 106 valence electrons. The molecule has 0 aromatic heterocycles. The van der Waals surface area contributed by atoms with Gasteiger partial charge < -0.3 is 9.84 Å². The molecule has 2 N–H and O–H groups in total. The van der Waals surface area contributed by atoms with Gasteiger partial charge in [0.05, 0.1) is 12.0 Å². The molecule has 0 saturated carbocycles. The molecule has 0 saturated heterocycles. The minimum Gasteiger partial charge on any atom is -0.496 e. The van der Waals surface area contributed by atoms with Gasteiger partial charge in [-0.2, -0.15) is 4.72 Å². The number of nitrogens with one attached hydrogen (secondary N) is 1. The van der Waals surface area contributed by atoms with Crippen molar-refractivity contribution in [2.45, 2.75) is 31.7 Å². The Morgan fingerprint density at radius 2 is 1.89 bits per heavy atom. The SMILES string of the molecule is COc1cc(C)c(S(=O)(=O)N[C@H](C)C(=O)O)cc1C. The van der Waals surface area contributed by atoms with Crippen molar-refractivity contribution < 1.29 is 23.1 Å². The lowest BCUT2D eigenvalue weighted by Crippen LogP contribution is -2.38. The molecular formula is C12H17NO5S. The molecule has 0 amide bonds. The fourth-order valence-corrected chi connectivity index (χ4v) is 3.13. The standard InChI is InChI=1S/C12H17NO5S/c1-7-6-11(8(2)5-10(7)18-4)19(16,17)13-9(3)12(14)15/h5-6,9,13H,1-4H3,(H,14,15)/t9-/m1/s1. The molecule has 1 rings (SSSR count). The lowest BCUT2D eigenvalue weighted by molar-refractivity contribution is -0.138. The number of rotatable bonds is 5. The van der Waals surface area contributed by atoms with Crippen LogP contribution in [0.2, 0.25) is 0 Å². The second kappa shape index (κ2) is 5.58. The lowest BCUT2D eigenvalue weighted by Gasteiger charge is -2.14. The van der Waals surface area contributed by atoms with Gasteiger partial charge in [0, 0.05) is 0 Å². The Hall–Kier alpha value is -1.60. The van der Waals surface area contributed by atoms with Gasteiger partial charge in [-0.25, -0.2) is 8.42 Å². The summed E-state index contributed by atoms with van der Waals surface area (Å²) in [5.41, 5.74) is 1.16. The van der Waals surface area contributed by atoms with Crippen LogP contribution in [0.4, 0.5) is 0 Å². The number of hydrogen-bond donors (Lipinski definition) is 2. The van der Waals surface area contributed by atoms with Crippen LogP contribution >= 0.6 is 0 Å². The van der Waals surface area contributed by atoms with Gasteiger partial charge in [0.2, 0.25) is 10.0 Å². The van der Waals surface area contributed by atoms with E-state index in [1.165, 1.54) is 20.1 Å². The molecule has 1 aromatic rings. The summed E-state index contributed by atoms with van der Waals surface area (Å²) >= 11 is 0. The summed E-state index contributed by atoms with van der Waals surface area (Å²) in [4.78, 5) is 10.8. The molecule has 0 fully saturated rings. The topological polar surface area (TPSA) is 92.7 Å². The van der Waals surface area contributed by atoms with Crippen molar-refractivity contribution in [3.63, 3.8) is 0 Å². The number of carbonyl (C=O) groups is 1. The largest absolute Gasteiger partial charge is 0.496 e. The van der Waals surface area contributed by atoms with E-state index in [1.54, 1.807) is 19.9 Å². The van der Waals surface area contributed by atoms with E-state index in [9.17, 15) is 13.2 Å². The van der Waals surface area contributed by atoms with Crippen LogP contribution < -0.4 is 9.46 Å². The zero-order chi connectivity index (χ0) is 14.8. The molecule has 0 aliphatic rings. The van der Waals surface area contributed by atoms with Gasteiger partial charge in [-0.3, -0.25) is 4.79 Å². The smallest absolute Gasteiger partial charge is 0.321 e. The lowest BCUT2D eigenvalue weighted by atomic mass is 10.1. The molecule has 0 spiro atoms. The Morgan fingerprint density at radius 3 is 2.37 bits per heavy atom. The first-order chi connectivity index (χ1) is 8.69. The van der Waals surface area contributed by atoms with Crippen LogP contribution in [0.15, 0.2) is 17.0 Å². The van der Waals surface area contributed by atoms with E-state index in [1.807, 2.05) is 0 Å². The van der Waals surface area contributed by atoms with Gasteiger partial charge in [-0.15, -0.1) is 0 Å². The minimum absolute atomic E-state index is 0.0545. The highest BCUT2D eigenvalue weighted by molar-refractivity contribution is 7.89. The van der Waals surface area contributed by atoms with E-state index in [2.05, 4.69) is 4.72 Å². The first-order valence-electron chi connectivity index (χ1n) is 5.59.